The van der Waals surface area contributed by atoms with Crippen molar-refractivity contribution < 1.29 is 14.3 Å². The van der Waals surface area contributed by atoms with E-state index in [1.165, 1.54) is 6.07 Å². The number of aromatic nitrogens is 1. The maximum absolute atomic E-state index is 14.6. The molecule has 0 bridgehead atoms. The highest BCUT2D eigenvalue weighted by Gasteiger charge is 2.27. The van der Waals surface area contributed by atoms with E-state index in [1.807, 2.05) is 6.92 Å². The minimum Gasteiger partial charge on any atom is -0.477 e. The highest BCUT2D eigenvalue weighted by atomic mass is 35.5. The third-order valence-electron chi connectivity index (χ3n) is 4.35. The summed E-state index contributed by atoms with van der Waals surface area (Å²) >= 11 is 6.43. The van der Waals surface area contributed by atoms with Crippen LogP contribution in [0.25, 0.3) is 5.52 Å². The highest BCUT2D eigenvalue weighted by Crippen LogP contribution is 2.35. The second-order valence-electron chi connectivity index (χ2n) is 5.90. The van der Waals surface area contributed by atoms with Gasteiger partial charge < -0.3 is 15.7 Å². The number of aromatic carboxylic acids is 1. The fourth-order valence-corrected chi connectivity index (χ4v) is 3.58. The largest absolute Gasteiger partial charge is 0.477 e. The molecule has 2 aromatic heterocycles. The number of fused-ring (bicyclic) bond motifs is 1. The number of carboxylic acid groups (broad SMARTS) is 1. The third kappa shape index (κ3) is 2.53. The van der Waals surface area contributed by atoms with Gasteiger partial charge in [0.05, 0.1) is 22.4 Å². The molecule has 1 fully saturated rings. The zero-order valence-electron chi connectivity index (χ0n) is 13.1. The maximum Gasteiger partial charge on any atom is 0.341 e. The number of nitrogens with two attached hydrogens (primary N) is 1. The van der Waals surface area contributed by atoms with E-state index in [0.29, 0.717) is 30.6 Å². The number of hydrogen-bond acceptors (Lipinski definition) is 4. The lowest BCUT2D eigenvalue weighted by molar-refractivity contribution is 0.0694. The molecular weight excluding hydrogens is 337 g/mol. The van der Waals surface area contributed by atoms with Gasteiger partial charge in [-0.2, -0.15) is 0 Å². The predicted octanol–water partition coefficient (Wildman–Crippen LogP) is 1.89. The minimum absolute atomic E-state index is 0.0566. The van der Waals surface area contributed by atoms with Crippen LogP contribution in [0, 0.1) is 5.82 Å². The van der Waals surface area contributed by atoms with Gasteiger partial charge in [-0.15, -0.1) is 0 Å². The first-order valence-corrected chi connectivity index (χ1v) is 8.03. The van der Waals surface area contributed by atoms with Crippen LogP contribution in [0.4, 0.5) is 10.1 Å². The lowest BCUT2D eigenvalue weighted by Crippen LogP contribution is -2.28. The van der Waals surface area contributed by atoms with Gasteiger partial charge in [0.15, 0.2) is 5.82 Å². The van der Waals surface area contributed by atoms with Crippen molar-refractivity contribution in [2.75, 3.05) is 18.0 Å². The van der Waals surface area contributed by atoms with Gasteiger partial charge in [-0.1, -0.05) is 18.5 Å². The molecule has 1 unspecified atom stereocenters. The quantitative estimate of drug-likeness (QED) is 0.879. The van der Waals surface area contributed by atoms with Gasteiger partial charge in [0.1, 0.15) is 5.56 Å². The molecule has 1 saturated heterocycles. The topological polar surface area (TPSA) is 88.0 Å². The maximum atomic E-state index is 14.6. The molecule has 8 heteroatoms. The number of carboxylic acids is 1. The molecule has 0 radical (unpaired) electrons. The van der Waals surface area contributed by atoms with Gasteiger partial charge in [-0.25, -0.2) is 9.18 Å². The lowest BCUT2D eigenvalue weighted by atomic mass is 10.1. The van der Waals surface area contributed by atoms with E-state index in [2.05, 4.69) is 0 Å². The Hall–Kier alpha value is -2.12. The summed E-state index contributed by atoms with van der Waals surface area (Å²) in [5.74, 6) is -2.02. The Morgan fingerprint density at radius 3 is 2.79 bits per heavy atom. The second kappa shape index (κ2) is 6.07. The summed E-state index contributed by atoms with van der Waals surface area (Å²) in [6.45, 7) is 2.87. The van der Waals surface area contributed by atoms with E-state index in [4.69, 9.17) is 17.3 Å². The minimum atomic E-state index is -1.35. The van der Waals surface area contributed by atoms with Crippen LogP contribution in [0.2, 0.25) is 5.02 Å². The predicted molar refractivity (Wildman–Crippen MR) is 89.8 cm³/mol. The number of aryl methyl sites for hydroxylation is 1. The summed E-state index contributed by atoms with van der Waals surface area (Å²) in [6, 6.07) is 1.25. The van der Waals surface area contributed by atoms with Crippen molar-refractivity contribution in [3.05, 3.63) is 44.6 Å². The van der Waals surface area contributed by atoms with Crippen molar-refractivity contribution in [2.24, 2.45) is 5.73 Å². The molecule has 0 aliphatic carbocycles. The Kier molecular flexibility index (Phi) is 4.23. The molecule has 3 heterocycles. The standard InChI is InChI=1S/C16H17ClFN3O3/c1-2-8-5-10(16(23)24)15(22)21-7-11(18)14(12(17)13(8)21)20-4-3-9(19)6-20/h5,7,9H,2-4,6,19H2,1H3,(H,23,24). The molecule has 1 aliphatic rings. The molecule has 0 aromatic carbocycles. The summed E-state index contributed by atoms with van der Waals surface area (Å²) in [5, 5.41) is 9.28. The van der Waals surface area contributed by atoms with Crippen LogP contribution < -0.4 is 16.2 Å². The first kappa shape index (κ1) is 16.7. The van der Waals surface area contributed by atoms with Gasteiger partial charge in [0.25, 0.3) is 5.56 Å². The average molecular weight is 354 g/mol. The van der Waals surface area contributed by atoms with E-state index in [-0.39, 0.29) is 16.8 Å². The van der Waals surface area contributed by atoms with Crippen molar-refractivity contribution in [3.8, 4) is 0 Å². The molecule has 0 amide bonds. The first-order chi connectivity index (χ1) is 11.3. The van der Waals surface area contributed by atoms with Crippen molar-refractivity contribution in [1.29, 1.82) is 0 Å². The highest BCUT2D eigenvalue weighted by molar-refractivity contribution is 6.36. The van der Waals surface area contributed by atoms with Crippen LogP contribution >= 0.6 is 11.6 Å². The Morgan fingerprint density at radius 2 is 2.25 bits per heavy atom. The van der Waals surface area contributed by atoms with Crippen molar-refractivity contribution in [3.63, 3.8) is 0 Å². The van der Waals surface area contributed by atoms with Crippen LogP contribution in [0.1, 0.15) is 29.3 Å². The normalized spacial score (nSPS) is 17.7. The van der Waals surface area contributed by atoms with Crippen LogP contribution in [-0.4, -0.2) is 34.6 Å². The Labute approximate surface area is 142 Å². The number of halogens is 2. The summed E-state index contributed by atoms with van der Waals surface area (Å²) < 4.78 is 15.6. The molecule has 2 aromatic rings. The van der Waals surface area contributed by atoms with Crippen molar-refractivity contribution in [1.82, 2.24) is 4.40 Å². The molecule has 1 atom stereocenters. The molecule has 3 rings (SSSR count). The van der Waals surface area contributed by atoms with Gasteiger partial charge in [0, 0.05) is 19.1 Å². The molecule has 0 saturated carbocycles. The van der Waals surface area contributed by atoms with Crippen molar-refractivity contribution in [2.45, 2.75) is 25.8 Å². The zero-order valence-corrected chi connectivity index (χ0v) is 13.8. The number of pyridine rings is 2. The van der Waals surface area contributed by atoms with Crippen LogP contribution in [0.15, 0.2) is 17.1 Å². The van der Waals surface area contributed by atoms with Crippen LogP contribution in [0.5, 0.6) is 0 Å². The summed E-state index contributed by atoms with van der Waals surface area (Å²) in [7, 11) is 0. The molecular formula is C16H17ClFN3O3. The molecule has 1 aliphatic heterocycles. The second-order valence-corrected chi connectivity index (χ2v) is 6.28. The fraction of sp³-hybridized carbons (Fsp3) is 0.375. The monoisotopic (exact) mass is 353 g/mol. The average Bonchev–Trinajstić information content (AvgIpc) is 2.94. The van der Waals surface area contributed by atoms with Gasteiger partial charge >= 0.3 is 5.97 Å². The van der Waals surface area contributed by atoms with E-state index in [9.17, 15) is 19.1 Å². The lowest BCUT2D eigenvalue weighted by Gasteiger charge is -2.22. The third-order valence-corrected chi connectivity index (χ3v) is 4.71. The summed E-state index contributed by atoms with van der Waals surface area (Å²) in [4.78, 5) is 25.4. The van der Waals surface area contributed by atoms with Gasteiger partial charge in [-0.3, -0.25) is 9.20 Å². The molecule has 128 valence electrons. The Bertz CT molecular complexity index is 896. The number of hydrogen-bond donors (Lipinski definition) is 2. The molecule has 3 N–H and O–H groups in total. The van der Waals surface area contributed by atoms with E-state index in [0.717, 1.165) is 17.0 Å². The molecule has 6 nitrogen and oxygen atoms in total. The van der Waals surface area contributed by atoms with Crippen molar-refractivity contribution >= 4 is 28.8 Å². The number of carbonyl (C=O) groups is 1. The van der Waals surface area contributed by atoms with E-state index < -0.39 is 22.9 Å². The van der Waals surface area contributed by atoms with E-state index >= 15 is 0 Å². The Balaban J connectivity index is 2.34. The molecule has 0 spiro atoms. The summed E-state index contributed by atoms with van der Waals surface area (Å²) in [6.07, 6.45) is 2.19. The number of nitrogens with zero attached hydrogens (tertiary/aromatic N) is 2. The molecule has 24 heavy (non-hydrogen) atoms. The van der Waals surface area contributed by atoms with E-state index in [1.54, 1.807) is 4.90 Å². The fourth-order valence-electron chi connectivity index (χ4n) is 3.15. The van der Waals surface area contributed by atoms with Crippen LogP contribution in [-0.2, 0) is 6.42 Å². The van der Waals surface area contributed by atoms with Gasteiger partial charge in [0.2, 0.25) is 0 Å². The van der Waals surface area contributed by atoms with Crippen LogP contribution in [0.3, 0.4) is 0 Å². The number of rotatable bonds is 3. The Morgan fingerprint density at radius 1 is 1.54 bits per heavy atom. The smallest absolute Gasteiger partial charge is 0.341 e. The van der Waals surface area contributed by atoms with Gasteiger partial charge in [-0.05, 0) is 24.5 Å². The SMILES string of the molecule is CCc1cc(C(=O)O)c(=O)n2cc(F)c(N3CCC(N)C3)c(Cl)c12. The first-order valence-electron chi connectivity index (χ1n) is 7.65. The summed E-state index contributed by atoms with van der Waals surface area (Å²) in [5.41, 5.74) is 5.79. The zero-order chi connectivity index (χ0) is 17.6. The number of anilines is 1.